The quantitative estimate of drug-likeness (QED) is 0.520. The molecule has 0 spiro atoms. The summed E-state index contributed by atoms with van der Waals surface area (Å²) in [5.74, 6) is 1.22. The maximum absolute atomic E-state index is 12.9. The Labute approximate surface area is 174 Å². The number of nitrogens with zero attached hydrogens (tertiary/aromatic N) is 1. The normalized spacial score (nSPS) is 13.1. The summed E-state index contributed by atoms with van der Waals surface area (Å²) < 4.78 is 13.5. The van der Waals surface area contributed by atoms with E-state index in [0.717, 1.165) is 23.9 Å². The molecule has 5 heteroatoms. The molecule has 0 saturated carbocycles. The van der Waals surface area contributed by atoms with Gasteiger partial charge in [0.2, 0.25) is 0 Å². The van der Waals surface area contributed by atoms with Crippen molar-refractivity contribution in [3.05, 3.63) is 90.1 Å². The van der Waals surface area contributed by atoms with Crippen LogP contribution < -0.4 is 14.8 Å². The molecule has 150 valence electrons. The van der Waals surface area contributed by atoms with Crippen molar-refractivity contribution in [1.82, 2.24) is 4.57 Å². The Kier molecular flexibility index (Phi) is 4.85. The van der Waals surface area contributed by atoms with E-state index in [1.54, 1.807) is 0 Å². The van der Waals surface area contributed by atoms with Gasteiger partial charge in [-0.25, -0.2) is 0 Å². The van der Waals surface area contributed by atoms with E-state index in [-0.39, 0.29) is 5.91 Å². The van der Waals surface area contributed by atoms with Gasteiger partial charge in [0.1, 0.15) is 0 Å². The van der Waals surface area contributed by atoms with Crippen LogP contribution in [0.2, 0.25) is 0 Å². The van der Waals surface area contributed by atoms with E-state index >= 15 is 0 Å². The van der Waals surface area contributed by atoms with E-state index in [9.17, 15) is 4.79 Å². The molecule has 0 bridgehead atoms. The molecule has 1 N–H and O–H groups in total. The lowest BCUT2D eigenvalue weighted by Gasteiger charge is -2.11. The minimum Gasteiger partial charge on any atom is -0.490 e. The summed E-state index contributed by atoms with van der Waals surface area (Å²) in [7, 11) is 0. The number of anilines is 1. The van der Waals surface area contributed by atoms with Gasteiger partial charge in [-0.05, 0) is 41.3 Å². The number of carbonyl (C=O) groups is 1. The number of amides is 1. The standard InChI is InChI=1S/C25H22N2O3/c28-25(26-21-9-10-23-24(16-21)30-14-4-13-29-23)20-8-7-19-11-12-27(22(19)15-20)17-18-5-2-1-3-6-18/h1-3,5-12,15-16H,4,13-14,17H2,(H,26,28). The van der Waals surface area contributed by atoms with Crippen molar-refractivity contribution in [1.29, 1.82) is 0 Å². The highest BCUT2D eigenvalue weighted by Gasteiger charge is 2.13. The number of nitrogens with one attached hydrogen (secondary N) is 1. The van der Waals surface area contributed by atoms with Crippen LogP contribution in [0.1, 0.15) is 22.3 Å². The molecule has 0 aliphatic carbocycles. The molecule has 30 heavy (non-hydrogen) atoms. The molecule has 1 aliphatic heterocycles. The predicted octanol–water partition coefficient (Wildman–Crippen LogP) is 5.10. The molecule has 1 aliphatic rings. The number of carbonyl (C=O) groups excluding carboxylic acids is 1. The van der Waals surface area contributed by atoms with Crippen molar-refractivity contribution >= 4 is 22.5 Å². The topological polar surface area (TPSA) is 52.5 Å². The highest BCUT2D eigenvalue weighted by Crippen LogP contribution is 2.32. The van der Waals surface area contributed by atoms with E-state index in [1.165, 1.54) is 5.56 Å². The van der Waals surface area contributed by atoms with Crippen molar-refractivity contribution in [2.75, 3.05) is 18.5 Å². The molecule has 5 rings (SSSR count). The highest BCUT2D eigenvalue weighted by molar-refractivity contribution is 6.06. The lowest BCUT2D eigenvalue weighted by Crippen LogP contribution is -2.12. The van der Waals surface area contributed by atoms with Gasteiger partial charge in [-0.1, -0.05) is 36.4 Å². The van der Waals surface area contributed by atoms with Crippen LogP contribution in [0, 0.1) is 0 Å². The van der Waals surface area contributed by atoms with Gasteiger partial charge in [-0.15, -0.1) is 0 Å². The highest BCUT2D eigenvalue weighted by atomic mass is 16.5. The lowest BCUT2D eigenvalue weighted by molar-refractivity contribution is 0.102. The fourth-order valence-electron chi connectivity index (χ4n) is 3.69. The van der Waals surface area contributed by atoms with E-state index in [0.29, 0.717) is 36.0 Å². The molecule has 0 atom stereocenters. The van der Waals surface area contributed by atoms with Crippen molar-refractivity contribution in [2.24, 2.45) is 0 Å². The second-order valence-corrected chi connectivity index (χ2v) is 7.37. The van der Waals surface area contributed by atoms with Crippen LogP contribution >= 0.6 is 0 Å². The molecule has 0 radical (unpaired) electrons. The summed E-state index contributed by atoms with van der Waals surface area (Å²) in [4.78, 5) is 12.9. The molecule has 4 aromatic rings. The van der Waals surface area contributed by atoms with Gasteiger partial charge < -0.3 is 19.4 Å². The Morgan fingerprint density at radius 2 is 1.73 bits per heavy atom. The first-order valence-electron chi connectivity index (χ1n) is 10.1. The van der Waals surface area contributed by atoms with Crippen LogP contribution in [-0.2, 0) is 6.54 Å². The van der Waals surface area contributed by atoms with Crippen molar-refractivity contribution in [3.8, 4) is 11.5 Å². The van der Waals surface area contributed by atoms with Gasteiger partial charge in [-0.3, -0.25) is 4.79 Å². The molecule has 0 saturated heterocycles. The third-order valence-corrected chi connectivity index (χ3v) is 5.24. The van der Waals surface area contributed by atoms with Crippen molar-refractivity contribution in [2.45, 2.75) is 13.0 Å². The van der Waals surface area contributed by atoms with Crippen LogP contribution in [0.25, 0.3) is 10.9 Å². The smallest absolute Gasteiger partial charge is 0.255 e. The number of hydrogen-bond acceptors (Lipinski definition) is 3. The lowest BCUT2D eigenvalue weighted by atomic mass is 10.1. The average molecular weight is 398 g/mol. The largest absolute Gasteiger partial charge is 0.490 e. The monoisotopic (exact) mass is 398 g/mol. The Balaban J connectivity index is 1.38. The first-order chi connectivity index (χ1) is 14.8. The summed E-state index contributed by atoms with van der Waals surface area (Å²) in [6, 6.07) is 23.6. The zero-order chi connectivity index (χ0) is 20.3. The fraction of sp³-hybridized carbons (Fsp3) is 0.160. The number of fused-ring (bicyclic) bond motifs is 2. The molecule has 0 unspecified atom stereocenters. The third-order valence-electron chi connectivity index (χ3n) is 5.24. The Bertz CT molecular complexity index is 1200. The first kappa shape index (κ1) is 18.3. The van der Waals surface area contributed by atoms with Gasteiger partial charge in [0.15, 0.2) is 11.5 Å². The summed E-state index contributed by atoms with van der Waals surface area (Å²) in [6.07, 6.45) is 2.90. The van der Waals surface area contributed by atoms with Crippen LogP contribution in [0.4, 0.5) is 5.69 Å². The van der Waals surface area contributed by atoms with Crippen LogP contribution in [0.5, 0.6) is 11.5 Å². The first-order valence-corrected chi connectivity index (χ1v) is 10.1. The molecular weight excluding hydrogens is 376 g/mol. The minimum atomic E-state index is -0.154. The summed E-state index contributed by atoms with van der Waals surface area (Å²) in [6.45, 7) is 2.01. The second-order valence-electron chi connectivity index (χ2n) is 7.37. The fourth-order valence-corrected chi connectivity index (χ4v) is 3.69. The maximum Gasteiger partial charge on any atom is 0.255 e. The predicted molar refractivity (Wildman–Crippen MR) is 117 cm³/mol. The minimum absolute atomic E-state index is 0.154. The summed E-state index contributed by atoms with van der Waals surface area (Å²) in [5, 5.41) is 4.08. The van der Waals surface area contributed by atoms with Crippen molar-refractivity contribution < 1.29 is 14.3 Å². The SMILES string of the molecule is O=C(Nc1ccc2c(c1)OCCCO2)c1ccc2ccn(Cc3ccccc3)c2c1. The van der Waals surface area contributed by atoms with E-state index < -0.39 is 0 Å². The molecule has 1 aromatic heterocycles. The Morgan fingerprint density at radius 1 is 0.900 bits per heavy atom. The number of rotatable bonds is 4. The van der Waals surface area contributed by atoms with Crippen LogP contribution in [0.15, 0.2) is 79.0 Å². The number of ether oxygens (including phenoxy) is 2. The van der Waals surface area contributed by atoms with E-state index in [4.69, 9.17) is 9.47 Å². The number of benzene rings is 3. The number of hydrogen-bond donors (Lipinski definition) is 1. The van der Waals surface area contributed by atoms with Gasteiger partial charge in [0.05, 0.1) is 13.2 Å². The van der Waals surface area contributed by atoms with Gasteiger partial charge >= 0.3 is 0 Å². The molecule has 5 nitrogen and oxygen atoms in total. The second kappa shape index (κ2) is 7.95. The van der Waals surface area contributed by atoms with Crippen LogP contribution in [0.3, 0.4) is 0 Å². The zero-order valence-electron chi connectivity index (χ0n) is 16.5. The number of aromatic nitrogens is 1. The molecule has 1 amide bonds. The Morgan fingerprint density at radius 3 is 2.60 bits per heavy atom. The Hall–Kier alpha value is -3.73. The summed E-state index contributed by atoms with van der Waals surface area (Å²) in [5.41, 5.74) is 3.55. The van der Waals surface area contributed by atoms with Gasteiger partial charge in [0.25, 0.3) is 5.91 Å². The molecule has 0 fully saturated rings. The summed E-state index contributed by atoms with van der Waals surface area (Å²) >= 11 is 0. The molecule has 2 heterocycles. The van der Waals surface area contributed by atoms with Crippen LogP contribution in [-0.4, -0.2) is 23.7 Å². The van der Waals surface area contributed by atoms with E-state index in [2.05, 4.69) is 34.3 Å². The van der Waals surface area contributed by atoms with E-state index in [1.807, 2.05) is 54.6 Å². The zero-order valence-corrected chi connectivity index (χ0v) is 16.5. The third kappa shape index (κ3) is 3.74. The van der Waals surface area contributed by atoms with Crippen molar-refractivity contribution in [3.63, 3.8) is 0 Å². The molecule has 3 aromatic carbocycles. The molecular formula is C25H22N2O3. The van der Waals surface area contributed by atoms with Gasteiger partial charge in [0, 0.05) is 42.0 Å². The maximum atomic E-state index is 12.9. The van der Waals surface area contributed by atoms with Gasteiger partial charge in [-0.2, -0.15) is 0 Å². The average Bonchev–Trinajstić information content (AvgIpc) is 3.01.